The van der Waals surface area contributed by atoms with Gasteiger partial charge in [-0.3, -0.25) is 4.79 Å². The smallest absolute Gasteiger partial charge is 0.303 e. The second-order valence-electron chi connectivity index (χ2n) is 6.59. The summed E-state index contributed by atoms with van der Waals surface area (Å²) < 4.78 is 34.1. The molecule has 0 aliphatic carbocycles. The van der Waals surface area contributed by atoms with Crippen molar-refractivity contribution in [3.8, 4) is 11.5 Å². The van der Waals surface area contributed by atoms with Gasteiger partial charge in [-0.15, -0.1) is 0 Å². The second-order valence-corrected chi connectivity index (χ2v) is 6.59. The third kappa shape index (κ3) is 10.8. The van der Waals surface area contributed by atoms with Gasteiger partial charge in [0.25, 0.3) is 0 Å². The van der Waals surface area contributed by atoms with Gasteiger partial charge in [-0.1, -0.05) is 26.8 Å². The van der Waals surface area contributed by atoms with Crippen molar-refractivity contribution in [1.82, 2.24) is 0 Å². The van der Waals surface area contributed by atoms with Crippen molar-refractivity contribution >= 4 is 5.97 Å². The van der Waals surface area contributed by atoms with E-state index in [9.17, 15) is 13.6 Å². The molecule has 0 aromatic heterocycles. The number of carboxylic acid groups (broad SMARTS) is 1. The van der Waals surface area contributed by atoms with E-state index in [0.29, 0.717) is 23.5 Å². The minimum atomic E-state index is -2.34. The number of rotatable bonds is 7. The van der Waals surface area contributed by atoms with Crippen molar-refractivity contribution in [2.75, 3.05) is 14.2 Å². The first-order valence-corrected chi connectivity index (χ1v) is 7.80. The van der Waals surface area contributed by atoms with Crippen molar-refractivity contribution in [2.45, 2.75) is 52.9 Å². The van der Waals surface area contributed by atoms with Crippen molar-refractivity contribution in [1.29, 1.82) is 0 Å². The Bertz CT molecular complexity index is 496. The zero-order chi connectivity index (χ0) is 18.8. The largest absolute Gasteiger partial charge is 0.493 e. The Labute approximate surface area is 142 Å². The fourth-order valence-electron chi connectivity index (χ4n) is 1.96. The van der Waals surface area contributed by atoms with Gasteiger partial charge in [0.2, 0.25) is 6.43 Å². The normalized spacial score (nSPS) is 10.8. The molecule has 1 aromatic carbocycles. The fraction of sp³-hybridized carbons (Fsp3) is 0.611. The van der Waals surface area contributed by atoms with Crippen LogP contribution in [0.25, 0.3) is 0 Å². The Kier molecular flexibility index (Phi) is 10.0. The minimum absolute atomic E-state index is 0.264. The van der Waals surface area contributed by atoms with Gasteiger partial charge in [-0.25, -0.2) is 8.78 Å². The van der Waals surface area contributed by atoms with Crippen LogP contribution in [0, 0.1) is 5.41 Å². The van der Waals surface area contributed by atoms with Crippen LogP contribution in [0.3, 0.4) is 0 Å². The number of alkyl halides is 2. The van der Waals surface area contributed by atoms with E-state index in [-0.39, 0.29) is 11.8 Å². The van der Waals surface area contributed by atoms with Crippen LogP contribution in [-0.4, -0.2) is 31.7 Å². The van der Waals surface area contributed by atoms with Crippen LogP contribution in [0.15, 0.2) is 18.2 Å². The molecule has 1 rings (SSSR count). The monoisotopic (exact) mass is 346 g/mol. The van der Waals surface area contributed by atoms with Crippen molar-refractivity contribution in [3.05, 3.63) is 23.8 Å². The highest BCUT2D eigenvalue weighted by Crippen LogP contribution is 2.28. The molecule has 4 nitrogen and oxygen atoms in total. The molecule has 0 fully saturated rings. The molecule has 0 aliphatic heterocycles. The van der Waals surface area contributed by atoms with E-state index in [0.717, 1.165) is 12.8 Å². The summed E-state index contributed by atoms with van der Waals surface area (Å²) in [5.41, 5.74) is 0.813. The standard InChI is InChI=1S/C10H12F2O2.C8H16O2/c1-13-8-4-3-7(6-10(11)12)5-9(8)14-2;1-8(2,3)6-4-5-7(9)10/h3-5,10H,6H2,1-2H3;4-6H2,1-3H3,(H,9,10). The molecule has 0 saturated carbocycles. The molecule has 1 N–H and O–H groups in total. The number of benzene rings is 1. The Hall–Kier alpha value is -1.85. The van der Waals surface area contributed by atoms with Crippen LogP contribution in [0.2, 0.25) is 0 Å². The summed E-state index contributed by atoms with van der Waals surface area (Å²) in [6.45, 7) is 6.36. The number of halogens is 2. The summed E-state index contributed by atoms with van der Waals surface area (Å²) in [7, 11) is 2.98. The van der Waals surface area contributed by atoms with Crippen LogP contribution in [-0.2, 0) is 11.2 Å². The molecule has 0 atom stereocenters. The topological polar surface area (TPSA) is 55.8 Å². The fourth-order valence-corrected chi connectivity index (χ4v) is 1.96. The quantitative estimate of drug-likeness (QED) is 0.770. The van der Waals surface area contributed by atoms with Crippen LogP contribution in [0.5, 0.6) is 11.5 Å². The van der Waals surface area contributed by atoms with Gasteiger partial charge in [-0.05, 0) is 36.0 Å². The van der Waals surface area contributed by atoms with E-state index < -0.39 is 12.4 Å². The summed E-state index contributed by atoms with van der Waals surface area (Å²) in [5.74, 6) is 0.334. The number of methoxy groups -OCH3 is 2. The third-order valence-corrected chi connectivity index (χ3v) is 3.16. The highest BCUT2D eigenvalue weighted by molar-refractivity contribution is 5.66. The molecule has 1 aromatic rings. The number of hydrogen-bond donors (Lipinski definition) is 1. The summed E-state index contributed by atoms with van der Waals surface area (Å²) in [6.07, 6.45) is -0.524. The molecule has 0 radical (unpaired) electrons. The summed E-state index contributed by atoms with van der Waals surface area (Å²) in [4.78, 5) is 10.1. The molecule has 0 aliphatic rings. The molecule has 0 amide bonds. The molecular formula is C18H28F2O4. The zero-order valence-corrected chi connectivity index (χ0v) is 15.1. The Morgan fingerprint density at radius 2 is 1.75 bits per heavy atom. The van der Waals surface area contributed by atoms with Gasteiger partial charge >= 0.3 is 5.97 Å². The van der Waals surface area contributed by atoms with Gasteiger partial charge in [0.15, 0.2) is 11.5 Å². The minimum Gasteiger partial charge on any atom is -0.493 e. The first kappa shape index (κ1) is 22.1. The first-order chi connectivity index (χ1) is 11.1. The Morgan fingerprint density at radius 1 is 1.17 bits per heavy atom. The van der Waals surface area contributed by atoms with E-state index in [1.54, 1.807) is 18.2 Å². The highest BCUT2D eigenvalue weighted by atomic mass is 19.3. The molecule has 0 saturated heterocycles. The van der Waals surface area contributed by atoms with Crippen LogP contribution in [0.4, 0.5) is 8.78 Å². The molecule has 0 unspecified atom stereocenters. The Morgan fingerprint density at radius 3 is 2.17 bits per heavy atom. The van der Waals surface area contributed by atoms with Crippen molar-refractivity contribution in [2.24, 2.45) is 5.41 Å². The van der Waals surface area contributed by atoms with Crippen LogP contribution < -0.4 is 9.47 Å². The van der Waals surface area contributed by atoms with E-state index >= 15 is 0 Å². The van der Waals surface area contributed by atoms with Gasteiger partial charge in [0.05, 0.1) is 14.2 Å². The lowest BCUT2D eigenvalue weighted by Gasteiger charge is -2.16. The molecule has 0 bridgehead atoms. The predicted molar refractivity (Wildman–Crippen MR) is 90.2 cm³/mol. The van der Waals surface area contributed by atoms with E-state index in [1.165, 1.54) is 14.2 Å². The number of aliphatic carboxylic acids is 1. The van der Waals surface area contributed by atoms with Crippen molar-refractivity contribution in [3.63, 3.8) is 0 Å². The first-order valence-electron chi connectivity index (χ1n) is 7.80. The average molecular weight is 346 g/mol. The molecule has 0 spiro atoms. The summed E-state index contributed by atoms with van der Waals surface area (Å²) in [5, 5.41) is 8.31. The number of ether oxygens (including phenoxy) is 2. The molecule has 138 valence electrons. The summed E-state index contributed by atoms with van der Waals surface area (Å²) >= 11 is 0. The van der Waals surface area contributed by atoms with E-state index in [1.807, 2.05) is 0 Å². The predicted octanol–water partition coefficient (Wildman–Crippen LogP) is 4.80. The third-order valence-electron chi connectivity index (χ3n) is 3.16. The maximum absolute atomic E-state index is 12.1. The molecular weight excluding hydrogens is 318 g/mol. The number of hydrogen-bond acceptors (Lipinski definition) is 3. The maximum Gasteiger partial charge on any atom is 0.303 e. The lowest BCUT2D eigenvalue weighted by Crippen LogP contribution is -2.05. The lowest BCUT2D eigenvalue weighted by atomic mass is 9.90. The van der Waals surface area contributed by atoms with Gasteiger partial charge in [0, 0.05) is 12.8 Å². The molecule has 0 heterocycles. The number of carbonyl (C=O) groups is 1. The van der Waals surface area contributed by atoms with Gasteiger partial charge in [-0.2, -0.15) is 0 Å². The SMILES string of the molecule is CC(C)(C)CCCC(=O)O.COc1ccc(CC(F)F)cc1OC. The van der Waals surface area contributed by atoms with Crippen LogP contribution in [0.1, 0.15) is 45.6 Å². The van der Waals surface area contributed by atoms with Crippen molar-refractivity contribution < 1.29 is 28.2 Å². The van der Waals surface area contributed by atoms with E-state index in [4.69, 9.17) is 14.6 Å². The highest BCUT2D eigenvalue weighted by Gasteiger charge is 2.10. The van der Waals surface area contributed by atoms with Crippen LogP contribution >= 0.6 is 0 Å². The number of carboxylic acids is 1. The van der Waals surface area contributed by atoms with E-state index in [2.05, 4.69) is 20.8 Å². The average Bonchev–Trinajstić information content (AvgIpc) is 2.45. The van der Waals surface area contributed by atoms with Gasteiger partial charge < -0.3 is 14.6 Å². The molecule has 24 heavy (non-hydrogen) atoms. The zero-order valence-electron chi connectivity index (χ0n) is 15.1. The maximum atomic E-state index is 12.1. The summed E-state index contributed by atoms with van der Waals surface area (Å²) in [6, 6.07) is 4.79. The van der Waals surface area contributed by atoms with Gasteiger partial charge in [0.1, 0.15) is 0 Å². The Balaban J connectivity index is 0.000000470. The molecule has 6 heteroatoms. The second kappa shape index (κ2) is 10.8. The lowest BCUT2D eigenvalue weighted by molar-refractivity contribution is -0.137.